The van der Waals surface area contributed by atoms with Crippen molar-refractivity contribution in [3.05, 3.63) is 36.8 Å². The van der Waals surface area contributed by atoms with E-state index >= 15 is 0 Å². The van der Waals surface area contributed by atoms with Crippen molar-refractivity contribution in [2.45, 2.75) is 26.7 Å². The van der Waals surface area contributed by atoms with Crippen LogP contribution in [-0.4, -0.2) is 6.61 Å². The summed E-state index contributed by atoms with van der Waals surface area (Å²) in [5.41, 5.74) is 6.23. The first kappa shape index (κ1) is 12.8. The number of hydrogen-bond donors (Lipinski definition) is 1. The summed E-state index contributed by atoms with van der Waals surface area (Å²) in [5, 5.41) is 0. The molecule has 0 radical (unpaired) electrons. The highest BCUT2D eigenvalue weighted by atomic mass is 16.5. The van der Waals surface area contributed by atoms with Gasteiger partial charge in [0.25, 0.3) is 0 Å². The second-order valence-corrected chi connectivity index (χ2v) is 3.43. The summed E-state index contributed by atoms with van der Waals surface area (Å²) in [6.07, 6.45) is 5.88. The van der Waals surface area contributed by atoms with Gasteiger partial charge in [-0.1, -0.05) is 26.2 Å². The van der Waals surface area contributed by atoms with Crippen LogP contribution in [-0.2, 0) is 4.74 Å². The van der Waals surface area contributed by atoms with Crippen LogP contribution < -0.4 is 5.73 Å². The van der Waals surface area contributed by atoms with Crippen LogP contribution in [0.5, 0.6) is 0 Å². The van der Waals surface area contributed by atoms with Crippen molar-refractivity contribution < 1.29 is 4.74 Å². The molecule has 2 N–H and O–H groups in total. The van der Waals surface area contributed by atoms with Crippen molar-refractivity contribution in [3.63, 3.8) is 0 Å². The fraction of sp³-hybridized carbons (Fsp3) is 0.500. The molecule has 2 nitrogen and oxygen atoms in total. The molecular formula is C12H21NO. The lowest BCUT2D eigenvalue weighted by molar-refractivity contribution is 0.244. The Hall–Kier alpha value is -1.18. The van der Waals surface area contributed by atoms with E-state index < -0.39 is 0 Å². The van der Waals surface area contributed by atoms with Gasteiger partial charge >= 0.3 is 0 Å². The van der Waals surface area contributed by atoms with Crippen LogP contribution in [0.1, 0.15) is 26.7 Å². The quantitative estimate of drug-likeness (QED) is 0.500. The average molecular weight is 195 g/mol. The lowest BCUT2D eigenvalue weighted by Crippen LogP contribution is -1.98. The molecule has 0 saturated heterocycles. The summed E-state index contributed by atoms with van der Waals surface area (Å²) in [4.78, 5) is 0. The molecule has 0 aromatic rings. The van der Waals surface area contributed by atoms with Crippen LogP contribution in [0.25, 0.3) is 0 Å². The van der Waals surface area contributed by atoms with Gasteiger partial charge in [0.2, 0.25) is 0 Å². The minimum absolute atomic E-state index is 0.479. The Balaban J connectivity index is 3.75. The maximum Gasteiger partial charge on any atom is 0.111 e. The van der Waals surface area contributed by atoms with Crippen LogP contribution >= 0.6 is 0 Å². The minimum Gasteiger partial charge on any atom is -0.495 e. The van der Waals surface area contributed by atoms with Crippen LogP contribution in [0.15, 0.2) is 36.8 Å². The van der Waals surface area contributed by atoms with Gasteiger partial charge in [0.1, 0.15) is 5.76 Å². The molecule has 2 heteroatoms. The van der Waals surface area contributed by atoms with Gasteiger partial charge in [0, 0.05) is 5.70 Å². The Bertz CT molecular complexity index is 218. The third-order valence-corrected chi connectivity index (χ3v) is 1.86. The Labute approximate surface area is 87.1 Å². The molecule has 0 aliphatic rings. The first-order valence-corrected chi connectivity index (χ1v) is 4.99. The second-order valence-electron chi connectivity index (χ2n) is 3.43. The molecule has 0 aromatic heterocycles. The Morgan fingerprint density at radius 1 is 1.50 bits per heavy atom. The molecule has 14 heavy (non-hydrogen) atoms. The van der Waals surface area contributed by atoms with Gasteiger partial charge in [-0.15, -0.1) is 0 Å². The fourth-order valence-corrected chi connectivity index (χ4v) is 1.01. The maximum absolute atomic E-state index is 5.48. The maximum atomic E-state index is 5.48. The number of allylic oxidation sites excluding steroid dienone is 3. The first-order chi connectivity index (χ1) is 6.56. The standard InChI is InChI=1S/C12H21NO/c1-5-14-12(4)9-7-10(2)6-8-11(3)13/h7,9-10H,3-6,8,13H2,1-2H3/b9-7+. The topological polar surface area (TPSA) is 35.2 Å². The molecule has 0 bridgehead atoms. The fourth-order valence-electron chi connectivity index (χ4n) is 1.01. The summed E-state index contributed by atoms with van der Waals surface area (Å²) in [7, 11) is 0. The van der Waals surface area contributed by atoms with Crippen molar-refractivity contribution in [1.82, 2.24) is 0 Å². The van der Waals surface area contributed by atoms with Crippen LogP contribution in [0, 0.1) is 5.92 Å². The van der Waals surface area contributed by atoms with E-state index in [9.17, 15) is 0 Å². The van der Waals surface area contributed by atoms with Crippen LogP contribution in [0.4, 0.5) is 0 Å². The van der Waals surface area contributed by atoms with Gasteiger partial charge in [-0.05, 0) is 31.8 Å². The van der Waals surface area contributed by atoms with Crippen LogP contribution in [0.3, 0.4) is 0 Å². The zero-order chi connectivity index (χ0) is 11.0. The van der Waals surface area contributed by atoms with E-state index in [4.69, 9.17) is 10.5 Å². The summed E-state index contributed by atoms with van der Waals surface area (Å²) in [6, 6.07) is 0. The predicted octanol–water partition coefficient (Wildman–Crippen LogP) is 2.98. The molecular weight excluding hydrogens is 174 g/mol. The minimum atomic E-state index is 0.479. The molecule has 0 amide bonds. The van der Waals surface area contributed by atoms with Gasteiger partial charge in [0.15, 0.2) is 0 Å². The van der Waals surface area contributed by atoms with E-state index in [1.54, 1.807) is 0 Å². The van der Waals surface area contributed by atoms with Gasteiger partial charge in [-0.2, -0.15) is 0 Å². The summed E-state index contributed by atoms with van der Waals surface area (Å²) >= 11 is 0. The second kappa shape index (κ2) is 7.25. The van der Waals surface area contributed by atoms with Crippen LogP contribution in [0.2, 0.25) is 0 Å². The normalized spacial score (nSPS) is 12.7. The molecule has 0 spiro atoms. The Kier molecular flexibility index (Phi) is 6.63. The molecule has 1 atom stereocenters. The number of rotatable bonds is 7. The average Bonchev–Trinajstić information content (AvgIpc) is 2.12. The van der Waals surface area contributed by atoms with Gasteiger partial charge in [0.05, 0.1) is 6.61 Å². The largest absolute Gasteiger partial charge is 0.495 e. The summed E-state index contributed by atoms with van der Waals surface area (Å²) in [5.74, 6) is 1.19. The van der Waals surface area contributed by atoms with Gasteiger partial charge in [-0.3, -0.25) is 0 Å². The monoisotopic (exact) mass is 195 g/mol. The molecule has 80 valence electrons. The highest BCUT2D eigenvalue weighted by Gasteiger charge is 1.97. The van der Waals surface area contributed by atoms with Gasteiger partial charge in [-0.25, -0.2) is 0 Å². The van der Waals surface area contributed by atoms with E-state index in [2.05, 4.69) is 26.2 Å². The van der Waals surface area contributed by atoms with Crippen molar-refractivity contribution in [1.29, 1.82) is 0 Å². The summed E-state index contributed by atoms with van der Waals surface area (Å²) < 4.78 is 5.19. The van der Waals surface area contributed by atoms with Crippen molar-refractivity contribution in [2.24, 2.45) is 11.7 Å². The molecule has 0 fully saturated rings. The van der Waals surface area contributed by atoms with E-state index in [0.29, 0.717) is 18.3 Å². The third kappa shape index (κ3) is 7.47. The Morgan fingerprint density at radius 2 is 2.14 bits per heavy atom. The molecule has 1 unspecified atom stereocenters. The van der Waals surface area contributed by atoms with Gasteiger partial charge < -0.3 is 10.5 Å². The highest BCUT2D eigenvalue weighted by Crippen LogP contribution is 2.10. The predicted molar refractivity (Wildman–Crippen MR) is 61.6 cm³/mol. The zero-order valence-corrected chi connectivity index (χ0v) is 9.25. The Morgan fingerprint density at radius 3 is 2.64 bits per heavy atom. The SMILES string of the molecule is C=C(N)CCC(C)/C=C/C(=C)OCC. The smallest absolute Gasteiger partial charge is 0.111 e. The number of ether oxygens (including phenoxy) is 1. The van der Waals surface area contributed by atoms with Crippen molar-refractivity contribution in [2.75, 3.05) is 6.61 Å². The van der Waals surface area contributed by atoms with Crippen molar-refractivity contribution >= 4 is 0 Å². The number of nitrogens with two attached hydrogens (primary N) is 1. The molecule has 0 aromatic carbocycles. The third-order valence-electron chi connectivity index (χ3n) is 1.86. The first-order valence-electron chi connectivity index (χ1n) is 4.99. The highest BCUT2D eigenvalue weighted by molar-refractivity contribution is 5.08. The van der Waals surface area contributed by atoms with E-state index in [0.717, 1.165) is 18.5 Å². The molecule has 0 aliphatic carbocycles. The molecule has 0 rings (SSSR count). The van der Waals surface area contributed by atoms with Crippen molar-refractivity contribution in [3.8, 4) is 0 Å². The lowest BCUT2D eigenvalue weighted by atomic mass is 10.0. The molecule has 0 aliphatic heterocycles. The van der Waals surface area contributed by atoms with E-state index in [1.807, 2.05) is 13.0 Å². The van der Waals surface area contributed by atoms with E-state index in [-0.39, 0.29) is 0 Å². The summed E-state index contributed by atoms with van der Waals surface area (Å²) in [6.45, 7) is 12.2. The molecule has 0 saturated carbocycles. The zero-order valence-electron chi connectivity index (χ0n) is 9.25. The lowest BCUT2D eigenvalue weighted by Gasteiger charge is -2.06. The molecule has 0 heterocycles. The van der Waals surface area contributed by atoms with E-state index in [1.165, 1.54) is 0 Å². The number of hydrogen-bond acceptors (Lipinski definition) is 2.